The van der Waals surface area contributed by atoms with Gasteiger partial charge in [0, 0.05) is 16.6 Å². The SMILES string of the molecule is C#Cc1ccc(CN2CCC(c3ccc4c(c3)-n3c(nc(=O)c5c(Br)cccc53)C43CCCCC3)CC2)cc1. The van der Waals surface area contributed by atoms with Crippen molar-refractivity contribution in [2.75, 3.05) is 13.1 Å². The van der Waals surface area contributed by atoms with Crippen LogP contribution in [0.5, 0.6) is 0 Å². The first-order valence-electron chi connectivity index (χ1n) is 14.2. The van der Waals surface area contributed by atoms with Crippen LogP contribution in [0.2, 0.25) is 0 Å². The molecular formula is C34H32BrN3O. The molecule has 1 saturated carbocycles. The predicted molar refractivity (Wildman–Crippen MR) is 161 cm³/mol. The van der Waals surface area contributed by atoms with Crippen molar-refractivity contribution in [1.29, 1.82) is 0 Å². The molecule has 2 fully saturated rings. The zero-order valence-corrected chi connectivity index (χ0v) is 23.7. The van der Waals surface area contributed by atoms with E-state index >= 15 is 0 Å². The lowest BCUT2D eigenvalue weighted by atomic mass is 9.69. The van der Waals surface area contributed by atoms with Crippen molar-refractivity contribution in [3.63, 3.8) is 0 Å². The number of hydrogen-bond donors (Lipinski definition) is 0. The Hall–Kier alpha value is -3.20. The fourth-order valence-corrected chi connectivity index (χ4v) is 7.87. The minimum absolute atomic E-state index is 0.122. The average molecular weight is 579 g/mol. The highest BCUT2D eigenvalue weighted by Gasteiger charge is 2.46. The molecule has 3 aromatic carbocycles. The van der Waals surface area contributed by atoms with Crippen LogP contribution in [-0.4, -0.2) is 27.5 Å². The van der Waals surface area contributed by atoms with E-state index in [-0.39, 0.29) is 11.0 Å². The summed E-state index contributed by atoms with van der Waals surface area (Å²) >= 11 is 3.63. The third-order valence-electron chi connectivity index (χ3n) is 9.36. The van der Waals surface area contributed by atoms with Gasteiger partial charge in [-0.05, 0) is 108 Å². The Balaban J connectivity index is 1.22. The van der Waals surface area contributed by atoms with Gasteiger partial charge in [0.05, 0.1) is 22.0 Å². The molecule has 4 nitrogen and oxygen atoms in total. The van der Waals surface area contributed by atoms with Gasteiger partial charge in [0.1, 0.15) is 5.82 Å². The third kappa shape index (κ3) is 4.08. The molecule has 0 amide bonds. The summed E-state index contributed by atoms with van der Waals surface area (Å²) in [4.78, 5) is 20.6. The number of hydrogen-bond acceptors (Lipinski definition) is 3. The number of terminal acetylenes is 1. The summed E-state index contributed by atoms with van der Waals surface area (Å²) in [5.74, 6) is 4.19. The molecule has 0 N–H and O–H groups in total. The first-order chi connectivity index (χ1) is 19.1. The molecule has 4 aromatic rings. The number of aromatic nitrogens is 2. The normalized spacial score (nSPS) is 18.7. The second-order valence-electron chi connectivity index (χ2n) is 11.5. The van der Waals surface area contributed by atoms with Crippen LogP contribution in [0.3, 0.4) is 0 Å². The lowest BCUT2D eigenvalue weighted by Gasteiger charge is -2.34. The highest BCUT2D eigenvalue weighted by atomic mass is 79.9. The van der Waals surface area contributed by atoms with Crippen LogP contribution in [0.25, 0.3) is 16.6 Å². The van der Waals surface area contributed by atoms with Crippen LogP contribution in [0.15, 0.2) is 69.9 Å². The first kappa shape index (κ1) is 24.8. The molecular weight excluding hydrogens is 546 g/mol. The highest BCUT2D eigenvalue weighted by Crippen LogP contribution is 2.52. The number of nitrogens with zero attached hydrogens (tertiary/aromatic N) is 3. The van der Waals surface area contributed by atoms with Gasteiger partial charge in [0.15, 0.2) is 0 Å². The number of likely N-dealkylation sites (tertiary alicyclic amines) is 1. The van der Waals surface area contributed by atoms with E-state index in [9.17, 15) is 4.79 Å². The smallest absolute Gasteiger partial charge is 0.281 e. The molecule has 7 rings (SSSR count). The van der Waals surface area contributed by atoms with E-state index in [0.29, 0.717) is 11.3 Å². The fourth-order valence-electron chi connectivity index (χ4n) is 7.34. The number of benzene rings is 3. The van der Waals surface area contributed by atoms with E-state index < -0.39 is 0 Å². The van der Waals surface area contributed by atoms with Gasteiger partial charge in [-0.3, -0.25) is 14.3 Å². The van der Waals surface area contributed by atoms with Crippen LogP contribution in [0, 0.1) is 12.3 Å². The summed E-state index contributed by atoms with van der Waals surface area (Å²) in [5, 5.41) is 0.675. The van der Waals surface area contributed by atoms with Crippen molar-refractivity contribution in [1.82, 2.24) is 14.5 Å². The molecule has 1 aromatic heterocycles. The number of halogens is 1. The van der Waals surface area contributed by atoms with E-state index in [1.807, 2.05) is 24.3 Å². The van der Waals surface area contributed by atoms with Crippen molar-refractivity contribution in [2.24, 2.45) is 0 Å². The fraction of sp³-hybridized carbons (Fsp3) is 0.353. The maximum atomic E-state index is 13.3. The summed E-state index contributed by atoms with van der Waals surface area (Å²) < 4.78 is 3.14. The molecule has 3 heterocycles. The molecule has 196 valence electrons. The van der Waals surface area contributed by atoms with Crippen LogP contribution in [0.4, 0.5) is 0 Å². The molecule has 5 heteroatoms. The van der Waals surface area contributed by atoms with Gasteiger partial charge in [0.2, 0.25) is 0 Å². The van der Waals surface area contributed by atoms with E-state index in [1.54, 1.807) is 0 Å². The monoisotopic (exact) mass is 577 g/mol. The maximum absolute atomic E-state index is 13.3. The second-order valence-corrected chi connectivity index (χ2v) is 12.4. The summed E-state index contributed by atoms with van der Waals surface area (Å²) in [7, 11) is 0. The summed E-state index contributed by atoms with van der Waals surface area (Å²) in [6.45, 7) is 3.14. The van der Waals surface area contributed by atoms with Crippen LogP contribution < -0.4 is 5.56 Å². The topological polar surface area (TPSA) is 38.1 Å². The van der Waals surface area contributed by atoms with Crippen molar-refractivity contribution < 1.29 is 0 Å². The Kier molecular flexibility index (Phi) is 6.21. The quantitative estimate of drug-likeness (QED) is 0.244. The second kappa shape index (κ2) is 9.77. The third-order valence-corrected chi connectivity index (χ3v) is 10.0. The van der Waals surface area contributed by atoms with Gasteiger partial charge in [-0.2, -0.15) is 4.98 Å². The standard InChI is InChI=1S/C34H32BrN3O/c1-2-23-9-11-24(12-10-23)22-37-19-15-25(16-20-37)26-13-14-27-30(21-26)38-29-8-6-7-28(35)31(29)32(39)36-33(38)34(27)17-4-3-5-18-34/h1,6-14,21,25H,3-5,15-20,22H2. The molecule has 1 spiro atoms. The molecule has 0 atom stereocenters. The Bertz CT molecular complexity index is 1670. The number of rotatable bonds is 3. The van der Waals surface area contributed by atoms with Crippen molar-refractivity contribution >= 4 is 26.8 Å². The zero-order chi connectivity index (χ0) is 26.6. The Morgan fingerprint density at radius 3 is 2.51 bits per heavy atom. The number of fused-ring (bicyclic) bond motifs is 7. The lowest BCUT2D eigenvalue weighted by molar-refractivity contribution is 0.204. The minimum Gasteiger partial charge on any atom is -0.299 e. The van der Waals surface area contributed by atoms with Crippen molar-refractivity contribution in [3.05, 3.63) is 104 Å². The predicted octanol–water partition coefficient (Wildman–Crippen LogP) is 7.07. The number of piperidine rings is 1. The van der Waals surface area contributed by atoms with Crippen molar-refractivity contribution in [3.8, 4) is 18.0 Å². The van der Waals surface area contributed by atoms with Crippen LogP contribution in [0.1, 0.15) is 78.9 Å². The maximum Gasteiger partial charge on any atom is 0.281 e. The van der Waals surface area contributed by atoms with E-state index in [1.165, 1.54) is 41.6 Å². The molecule has 1 saturated heterocycles. The lowest BCUT2D eigenvalue weighted by Crippen LogP contribution is -2.32. The van der Waals surface area contributed by atoms with Gasteiger partial charge in [-0.1, -0.05) is 55.5 Å². The summed E-state index contributed by atoms with van der Waals surface area (Å²) in [6.07, 6.45) is 13.5. The van der Waals surface area contributed by atoms with E-state index in [2.05, 4.69) is 67.7 Å². The highest BCUT2D eigenvalue weighted by molar-refractivity contribution is 9.10. The van der Waals surface area contributed by atoms with Gasteiger partial charge < -0.3 is 0 Å². The molecule has 3 aliphatic rings. The van der Waals surface area contributed by atoms with Gasteiger partial charge in [0.25, 0.3) is 5.56 Å². The molecule has 0 bridgehead atoms. The minimum atomic E-state index is -0.153. The van der Waals surface area contributed by atoms with Crippen molar-refractivity contribution in [2.45, 2.75) is 62.8 Å². The van der Waals surface area contributed by atoms with Crippen LogP contribution >= 0.6 is 15.9 Å². The van der Waals surface area contributed by atoms with Crippen LogP contribution in [-0.2, 0) is 12.0 Å². The Labute approximate surface area is 238 Å². The summed E-state index contributed by atoms with van der Waals surface area (Å²) in [6, 6.07) is 21.6. The van der Waals surface area contributed by atoms with Gasteiger partial charge >= 0.3 is 0 Å². The Morgan fingerprint density at radius 2 is 1.77 bits per heavy atom. The molecule has 39 heavy (non-hydrogen) atoms. The molecule has 1 aliphatic carbocycles. The Morgan fingerprint density at radius 1 is 1.00 bits per heavy atom. The first-order valence-corrected chi connectivity index (χ1v) is 15.0. The van der Waals surface area contributed by atoms with E-state index in [4.69, 9.17) is 11.4 Å². The molecule has 0 unspecified atom stereocenters. The van der Waals surface area contributed by atoms with Gasteiger partial charge in [-0.15, -0.1) is 6.42 Å². The molecule has 0 radical (unpaired) electrons. The van der Waals surface area contributed by atoms with E-state index in [0.717, 1.165) is 66.7 Å². The zero-order valence-electron chi connectivity index (χ0n) is 22.1. The van der Waals surface area contributed by atoms with Gasteiger partial charge in [-0.25, -0.2) is 0 Å². The average Bonchev–Trinajstić information content (AvgIpc) is 3.22. The largest absolute Gasteiger partial charge is 0.299 e. The summed E-state index contributed by atoms with van der Waals surface area (Å²) in [5.41, 5.74) is 6.94. The molecule has 2 aliphatic heterocycles.